The molecule has 0 saturated heterocycles. The molecule has 0 unspecified atom stereocenters. The molecular formula is C26H40N6O9S2. The Labute approximate surface area is 258 Å². The van der Waals surface area contributed by atoms with Crippen LogP contribution in [0.2, 0.25) is 0 Å². The van der Waals surface area contributed by atoms with Crippen molar-refractivity contribution in [3.05, 3.63) is 32.2 Å². The molecule has 0 atom stereocenters. The second-order valence-electron chi connectivity index (χ2n) is 9.10. The predicted octanol–water partition coefficient (Wildman–Crippen LogP) is 1.86. The molecule has 0 fully saturated rings. The first-order valence-electron chi connectivity index (χ1n) is 12.8. The fourth-order valence-corrected chi connectivity index (χ4v) is 3.68. The molecule has 0 aliphatic carbocycles. The maximum atomic E-state index is 11.9. The molecular weight excluding hydrogens is 604 g/mol. The summed E-state index contributed by atoms with van der Waals surface area (Å²) in [5, 5.41) is 13.4. The summed E-state index contributed by atoms with van der Waals surface area (Å²) in [6.07, 6.45) is 0. The minimum Gasteiger partial charge on any atom is -0.461 e. The van der Waals surface area contributed by atoms with Gasteiger partial charge in [-0.2, -0.15) is 0 Å². The van der Waals surface area contributed by atoms with Crippen LogP contribution >= 0.6 is 22.7 Å². The Morgan fingerprint density at radius 2 is 1.26 bits per heavy atom. The van der Waals surface area contributed by atoms with Gasteiger partial charge < -0.3 is 24.9 Å². The zero-order valence-electron chi connectivity index (χ0n) is 26.0. The Kier molecular flexibility index (Phi) is 17.0. The largest absolute Gasteiger partial charge is 0.461 e. The van der Waals surface area contributed by atoms with Crippen LogP contribution in [0.3, 0.4) is 0 Å². The molecule has 4 N–H and O–H groups in total. The van der Waals surface area contributed by atoms with Crippen LogP contribution in [0.1, 0.15) is 67.7 Å². The third-order valence-corrected chi connectivity index (χ3v) is 6.40. The standard InChI is InChI=1S/C13H19N3O4S.C8H9NO3S.C5H12N2O2/c1-6-19-11(17)10(9-7-21-8(2)15-9)16-20-13(3,4)12(18)14-5;1-3-12-8(11)7(10)6-4-13-5(2)9-6;1-5(2,9-6)4(8)7-3/h7H,6H2,1-5H3,(H,14,18);4H,3H2,1-2H3;6H2,1-3H3,(H,7,8)/b16-10-;;. The van der Waals surface area contributed by atoms with E-state index in [0.29, 0.717) is 5.69 Å². The first kappa shape index (κ1) is 39.2. The smallest absolute Gasteiger partial charge is 0.381 e. The number of amides is 2. The lowest BCUT2D eigenvalue weighted by Gasteiger charge is -2.20. The Hall–Kier alpha value is -3.80. The minimum absolute atomic E-state index is 0.0572. The topological polar surface area (TPSA) is 210 Å². The number of ether oxygens (including phenoxy) is 2. The van der Waals surface area contributed by atoms with Gasteiger partial charge in [-0.25, -0.2) is 25.5 Å². The molecule has 0 aliphatic heterocycles. The molecule has 0 aromatic carbocycles. The maximum Gasteiger partial charge on any atom is 0.381 e. The predicted molar refractivity (Wildman–Crippen MR) is 160 cm³/mol. The highest BCUT2D eigenvalue weighted by atomic mass is 32.1. The van der Waals surface area contributed by atoms with Gasteiger partial charge in [-0.15, -0.1) is 22.7 Å². The Morgan fingerprint density at radius 1 is 0.814 bits per heavy atom. The second-order valence-corrected chi connectivity index (χ2v) is 11.2. The summed E-state index contributed by atoms with van der Waals surface area (Å²) in [5.74, 6) is 2.08. The van der Waals surface area contributed by atoms with Gasteiger partial charge in [-0.3, -0.25) is 19.2 Å². The van der Waals surface area contributed by atoms with Gasteiger partial charge in [0.1, 0.15) is 11.4 Å². The van der Waals surface area contributed by atoms with Gasteiger partial charge in [0.25, 0.3) is 17.6 Å². The van der Waals surface area contributed by atoms with Crippen molar-refractivity contribution in [1.82, 2.24) is 20.6 Å². The van der Waals surface area contributed by atoms with Gasteiger partial charge in [0, 0.05) is 24.9 Å². The molecule has 17 heteroatoms. The van der Waals surface area contributed by atoms with Crippen molar-refractivity contribution in [3.8, 4) is 0 Å². The van der Waals surface area contributed by atoms with E-state index in [-0.39, 0.29) is 36.4 Å². The molecule has 2 amide bonds. The van der Waals surface area contributed by atoms with E-state index in [0.717, 1.165) is 10.0 Å². The van der Waals surface area contributed by atoms with Gasteiger partial charge in [0.2, 0.25) is 11.3 Å². The van der Waals surface area contributed by atoms with E-state index in [1.54, 1.807) is 59.2 Å². The summed E-state index contributed by atoms with van der Waals surface area (Å²) in [4.78, 5) is 74.2. The monoisotopic (exact) mass is 644 g/mol. The molecule has 0 aliphatic rings. The fourth-order valence-electron chi connectivity index (χ4n) is 2.49. The number of nitrogens with two attached hydrogens (primary N) is 1. The number of hydrogen-bond acceptors (Lipinski definition) is 15. The van der Waals surface area contributed by atoms with Crippen LogP contribution in [-0.2, 0) is 38.3 Å². The Morgan fingerprint density at radius 3 is 1.63 bits per heavy atom. The molecule has 0 bridgehead atoms. The number of carbonyl (C=O) groups is 5. The van der Waals surface area contributed by atoms with Crippen molar-refractivity contribution in [3.63, 3.8) is 0 Å². The van der Waals surface area contributed by atoms with Gasteiger partial charge in [-0.05, 0) is 55.4 Å². The lowest BCUT2D eigenvalue weighted by molar-refractivity contribution is -0.143. The first-order chi connectivity index (χ1) is 20.0. The third-order valence-electron chi connectivity index (χ3n) is 4.85. The van der Waals surface area contributed by atoms with E-state index in [1.807, 2.05) is 6.92 Å². The van der Waals surface area contributed by atoms with Gasteiger partial charge in [-0.1, -0.05) is 5.16 Å². The molecule has 15 nitrogen and oxygen atoms in total. The summed E-state index contributed by atoms with van der Waals surface area (Å²) >= 11 is 2.71. The molecule has 2 aromatic heterocycles. The van der Waals surface area contributed by atoms with Crippen molar-refractivity contribution >= 4 is 57.9 Å². The second kappa shape index (κ2) is 18.7. The van der Waals surface area contributed by atoms with Crippen molar-refractivity contribution in [2.75, 3.05) is 27.3 Å². The Balaban J connectivity index is 0.000000682. The normalized spacial score (nSPS) is 11.1. The number of hydrogen-bond donors (Lipinski definition) is 3. The number of carbonyl (C=O) groups excluding carboxylic acids is 5. The fraction of sp³-hybridized carbons (Fsp3) is 0.538. The van der Waals surface area contributed by atoms with E-state index in [9.17, 15) is 24.0 Å². The maximum absolute atomic E-state index is 11.9. The molecule has 240 valence electrons. The molecule has 2 rings (SSSR count). The highest BCUT2D eigenvalue weighted by Crippen LogP contribution is 2.14. The lowest BCUT2D eigenvalue weighted by Crippen LogP contribution is -2.44. The van der Waals surface area contributed by atoms with E-state index >= 15 is 0 Å². The molecule has 2 aromatic rings. The van der Waals surface area contributed by atoms with Crippen LogP contribution in [0.15, 0.2) is 15.9 Å². The number of nitrogens with one attached hydrogen (secondary N) is 2. The molecule has 43 heavy (non-hydrogen) atoms. The number of rotatable bonds is 11. The van der Waals surface area contributed by atoms with Crippen molar-refractivity contribution in [2.45, 2.75) is 66.6 Å². The molecule has 2 heterocycles. The van der Waals surface area contributed by atoms with Crippen LogP contribution in [0.5, 0.6) is 0 Å². The molecule has 0 spiro atoms. The summed E-state index contributed by atoms with van der Waals surface area (Å²) in [7, 11) is 3.02. The van der Waals surface area contributed by atoms with Crippen LogP contribution in [0, 0.1) is 13.8 Å². The van der Waals surface area contributed by atoms with E-state index in [1.165, 1.54) is 36.8 Å². The van der Waals surface area contributed by atoms with Crippen LogP contribution in [-0.4, -0.2) is 83.7 Å². The van der Waals surface area contributed by atoms with Crippen LogP contribution in [0.25, 0.3) is 0 Å². The van der Waals surface area contributed by atoms with Gasteiger partial charge in [0.15, 0.2) is 5.60 Å². The number of aromatic nitrogens is 2. The first-order valence-corrected chi connectivity index (χ1v) is 14.6. The number of likely N-dealkylation sites (N-methyl/N-ethyl adjacent to an activating group) is 2. The summed E-state index contributed by atoms with van der Waals surface area (Å²) in [6, 6.07) is 0. The summed E-state index contributed by atoms with van der Waals surface area (Å²) in [5.41, 5.74) is -1.66. The third kappa shape index (κ3) is 13.4. The highest BCUT2D eigenvalue weighted by Gasteiger charge is 2.31. The van der Waals surface area contributed by atoms with Gasteiger partial charge in [0.05, 0.1) is 23.2 Å². The van der Waals surface area contributed by atoms with Crippen LogP contribution in [0.4, 0.5) is 0 Å². The lowest BCUT2D eigenvalue weighted by atomic mass is 10.1. The van der Waals surface area contributed by atoms with Crippen LogP contribution < -0.4 is 16.5 Å². The average Bonchev–Trinajstić information content (AvgIpc) is 3.60. The number of oxime groups is 1. The zero-order chi connectivity index (χ0) is 33.4. The van der Waals surface area contributed by atoms with Gasteiger partial charge >= 0.3 is 11.9 Å². The minimum atomic E-state index is -1.21. The highest BCUT2D eigenvalue weighted by molar-refractivity contribution is 7.10. The number of esters is 2. The average molecular weight is 645 g/mol. The SMILES string of the molecule is CCOC(=O)/C(=N\OC(C)(C)C(=O)NC)c1csc(C)n1.CCOC(=O)C(=O)c1csc(C)n1.CNC(=O)C(C)(C)ON. The van der Waals surface area contributed by atoms with Crippen molar-refractivity contribution < 1.29 is 43.1 Å². The summed E-state index contributed by atoms with van der Waals surface area (Å²) in [6.45, 7) is 13.6. The van der Waals surface area contributed by atoms with Crippen molar-refractivity contribution in [2.24, 2.45) is 11.1 Å². The number of aryl methyl sites for hydroxylation is 2. The molecule has 0 radical (unpaired) electrons. The van der Waals surface area contributed by atoms with Crippen molar-refractivity contribution in [1.29, 1.82) is 0 Å². The zero-order valence-corrected chi connectivity index (χ0v) is 27.6. The van der Waals surface area contributed by atoms with E-state index in [2.05, 4.69) is 35.3 Å². The number of nitrogens with zero attached hydrogens (tertiary/aromatic N) is 3. The van der Waals surface area contributed by atoms with E-state index in [4.69, 9.17) is 15.5 Å². The Bertz CT molecular complexity index is 1270. The summed E-state index contributed by atoms with van der Waals surface area (Å²) < 4.78 is 9.48. The number of thiazole rings is 2. The quantitative estimate of drug-likeness (QED) is 0.105. The number of ketones is 1. The van der Waals surface area contributed by atoms with E-state index < -0.39 is 28.9 Å². The molecule has 0 saturated carbocycles. The number of Topliss-reactive ketones (excluding diaryl/α,β-unsaturated/α-hetero) is 1.